The number of hydrogen-bond donors (Lipinski definition) is 3. The molecule has 0 heterocycles. The van der Waals surface area contributed by atoms with Gasteiger partial charge in [0.2, 0.25) is 0 Å². The second-order valence-electron chi connectivity index (χ2n) is 2.08. The zero-order chi connectivity index (χ0) is 8.85. The summed E-state index contributed by atoms with van der Waals surface area (Å²) in [6.07, 6.45) is -3.45. The third kappa shape index (κ3) is 2.94. The smallest absolute Gasteiger partial charge is 0.151 e. The van der Waals surface area contributed by atoms with Crippen molar-refractivity contribution in [1.29, 1.82) is 0 Å². The fourth-order valence-electron chi connectivity index (χ4n) is 0.705. The highest BCUT2D eigenvalue weighted by molar-refractivity contribution is 5.56. The van der Waals surface area contributed by atoms with Gasteiger partial charge in [-0.15, -0.1) is 0 Å². The Kier molecular flexibility index (Phi) is 4.97. The average Bonchev–Trinajstić information content (AvgIpc) is 2.05. The second kappa shape index (κ2) is 5.20. The Morgan fingerprint density at radius 3 is 2.36 bits per heavy atom. The molecule has 0 aromatic carbocycles. The molecule has 0 aliphatic carbocycles. The number of carbonyl (C=O) groups excluding carboxylic acids is 1. The molecule has 0 radical (unpaired) electrons. The quantitative estimate of drug-likeness (QED) is 0.406. The lowest BCUT2D eigenvalue weighted by Crippen LogP contribution is -2.41. The number of aldehydes is 1. The number of carbonyl (C=O) groups is 1. The van der Waals surface area contributed by atoms with Crippen LogP contribution in [0.15, 0.2) is 0 Å². The predicted molar refractivity (Wildman–Crippen MR) is 36.0 cm³/mol. The van der Waals surface area contributed by atoms with Gasteiger partial charge >= 0.3 is 0 Å². The third-order valence-corrected chi connectivity index (χ3v) is 1.31. The van der Waals surface area contributed by atoms with Crippen LogP contribution < -0.4 is 0 Å². The largest absolute Gasteiger partial charge is 0.394 e. The van der Waals surface area contributed by atoms with Gasteiger partial charge in [0.15, 0.2) is 6.29 Å². The highest BCUT2D eigenvalue weighted by Crippen LogP contribution is 2.01. The zero-order valence-electron chi connectivity index (χ0n) is 6.17. The molecule has 0 aromatic heterocycles. The van der Waals surface area contributed by atoms with Crippen molar-refractivity contribution in [3.63, 3.8) is 0 Å². The molecule has 0 unspecified atom stereocenters. The van der Waals surface area contributed by atoms with E-state index in [0.29, 0.717) is 0 Å². The number of aliphatic hydroxyl groups excluding tert-OH is 3. The van der Waals surface area contributed by atoms with E-state index in [4.69, 9.17) is 15.3 Å². The van der Waals surface area contributed by atoms with Crippen molar-refractivity contribution in [2.75, 3.05) is 13.7 Å². The maximum absolute atomic E-state index is 10.0. The average molecular weight is 164 g/mol. The van der Waals surface area contributed by atoms with Gasteiger partial charge in [-0.3, -0.25) is 0 Å². The fraction of sp³-hybridized carbons (Fsp3) is 0.833. The number of methoxy groups -OCH3 is 1. The molecule has 0 saturated carbocycles. The minimum Gasteiger partial charge on any atom is -0.394 e. The summed E-state index contributed by atoms with van der Waals surface area (Å²) in [6.45, 7) is -0.552. The topological polar surface area (TPSA) is 87.0 Å². The molecular formula is C6H12O5. The SMILES string of the molecule is CO[C@H]([C@H](O)CO)[C@@H](O)C=O. The minimum absolute atomic E-state index is 0.243. The molecule has 0 rings (SSSR count). The highest BCUT2D eigenvalue weighted by Gasteiger charge is 2.25. The van der Waals surface area contributed by atoms with Crippen LogP contribution >= 0.6 is 0 Å². The number of ether oxygens (including phenoxy) is 1. The maximum Gasteiger partial charge on any atom is 0.151 e. The summed E-state index contributed by atoms with van der Waals surface area (Å²) in [6, 6.07) is 0. The first kappa shape index (κ1) is 10.5. The lowest BCUT2D eigenvalue weighted by atomic mass is 10.1. The van der Waals surface area contributed by atoms with Crippen LogP contribution in [0.3, 0.4) is 0 Å². The molecule has 0 spiro atoms. The van der Waals surface area contributed by atoms with Crippen LogP contribution in [0.25, 0.3) is 0 Å². The van der Waals surface area contributed by atoms with E-state index >= 15 is 0 Å². The van der Waals surface area contributed by atoms with Crippen molar-refractivity contribution < 1.29 is 24.9 Å². The van der Waals surface area contributed by atoms with Crippen LogP contribution in [-0.4, -0.2) is 53.6 Å². The monoisotopic (exact) mass is 164 g/mol. The standard InChI is InChI=1S/C6H12O5/c1-11-6(4(9)2-7)5(10)3-8/h2,4-6,8-10H,3H2,1H3/t4-,5+,6-/m0/s1. The zero-order valence-corrected chi connectivity index (χ0v) is 6.17. The summed E-state index contributed by atoms with van der Waals surface area (Å²) in [7, 11) is 1.23. The molecule has 11 heavy (non-hydrogen) atoms. The van der Waals surface area contributed by atoms with Crippen molar-refractivity contribution in [2.45, 2.75) is 18.3 Å². The van der Waals surface area contributed by atoms with Gasteiger partial charge in [-0.05, 0) is 0 Å². The van der Waals surface area contributed by atoms with Crippen LogP contribution in [0, 0.1) is 0 Å². The molecule has 0 bridgehead atoms. The number of aliphatic hydroxyl groups is 3. The van der Waals surface area contributed by atoms with Gasteiger partial charge in [0.05, 0.1) is 6.61 Å². The van der Waals surface area contributed by atoms with Gasteiger partial charge < -0.3 is 24.9 Å². The van der Waals surface area contributed by atoms with E-state index < -0.39 is 24.9 Å². The van der Waals surface area contributed by atoms with E-state index in [1.165, 1.54) is 7.11 Å². The first-order valence-corrected chi connectivity index (χ1v) is 3.12. The third-order valence-electron chi connectivity index (χ3n) is 1.31. The van der Waals surface area contributed by atoms with E-state index in [-0.39, 0.29) is 6.29 Å². The van der Waals surface area contributed by atoms with Crippen molar-refractivity contribution >= 4 is 6.29 Å². The molecule has 5 heteroatoms. The molecule has 3 N–H and O–H groups in total. The molecule has 0 aliphatic heterocycles. The Hall–Kier alpha value is -0.490. The molecule has 0 amide bonds. The Morgan fingerprint density at radius 2 is 2.09 bits per heavy atom. The lowest BCUT2D eigenvalue weighted by Gasteiger charge is -2.21. The minimum atomic E-state index is -1.40. The van der Waals surface area contributed by atoms with Gasteiger partial charge in [0.1, 0.15) is 18.3 Å². The Bertz CT molecular complexity index is 116. The Labute approximate surface area is 64.2 Å². The van der Waals surface area contributed by atoms with Crippen molar-refractivity contribution in [3.8, 4) is 0 Å². The summed E-state index contributed by atoms with van der Waals surface area (Å²) < 4.78 is 4.56. The highest BCUT2D eigenvalue weighted by atomic mass is 16.5. The summed E-state index contributed by atoms with van der Waals surface area (Å²) >= 11 is 0. The summed E-state index contributed by atoms with van der Waals surface area (Å²) in [5.74, 6) is 0. The molecule has 0 fully saturated rings. The van der Waals surface area contributed by atoms with Crippen molar-refractivity contribution in [2.24, 2.45) is 0 Å². The molecule has 66 valence electrons. The Morgan fingerprint density at radius 1 is 1.55 bits per heavy atom. The van der Waals surface area contributed by atoms with E-state index in [0.717, 1.165) is 0 Å². The predicted octanol–water partition coefficient (Wildman–Crippen LogP) is -2.09. The maximum atomic E-state index is 10.0. The molecule has 5 nitrogen and oxygen atoms in total. The van der Waals surface area contributed by atoms with Gasteiger partial charge in [-0.2, -0.15) is 0 Å². The fourth-order valence-corrected chi connectivity index (χ4v) is 0.705. The van der Waals surface area contributed by atoms with E-state index in [1.807, 2.05) is 0 Å². The van der Waals surface area contributed by atoms with Gasteiger partial charge in [-0.1, -0.05) is 0 Å². The first-order chi connectivity index (χ1) is 5.17. The van der Waals surface area contributed by atoms with Gasteiger partial charge in [-0.25, -0.2) is 0 Å². The van der Waals surface area contributed by atoms with Crippen LogP contribution in [0.2, 0.25) is 0 Å². The summed E-state index contributed by atoms with van der Waals surface area (Å²) in [5, 5.41) is 26.2. The van der Waals surface area contributed by atoms with Crippen molar-refractivity contribution in [3.05, 3.63) is 0 Å². The van der Waals surface area contributed by atoms with Crippen molar-refractivity contribution in [1.82, 2.24) is 0 Å². The van der Waals surface area contributed by atoms with E-state index in [9.17, 15) is 4.79 Å². The van der Waals surface area contributed by atoms with E-state index in [2.05, 4.69) is 4.74 Å². The first-order valence-electron chi connectivity index (χ1n) is 3.12. The molecule has 0 aromatic rings. The van der Waals surface area contributed by atoms with Crippen LogP contribution in [-0.2, 0) is 9.53 Å². The molecule has 3 atom stereocenters. The van der Waals surface area contributed by atoms with Crippen LogP contribution in [0.4, 0.5) is 0 Å². The number of hydrogen-bond acceptors (Lipinski definition) is 5. The number of rotatable bonds is 5. The normalized spacial score (nSPS) is 18.9. The molecular weight excluding hydrogens is 152 g/mol. The molecule has 0 aliphatic rings. The van der Waals surface area contributed by atoms with Crippen LogP contribution in [0.1, 0.15) is 0 Å². The summed E-state index contributed by atoms with van der Waals surface area (Å²) in [4.78, 5) is 10.0. The second-order valence-corrected chi connectivity index (χ2v) is 2.08. The van der Waals surface area contributed by atoms with Gasteiger partial charge in [0.25, 0.3) is 0 Å². The van der Waals surface area contributed by atoms with Gasteiger partial charge in [0, 0.05) is 7.11 Å². The lowest BCUT2D eigenvalue weighted by molar-refractivity contribution is -0.132. The summed E-state index contributed by atoms with van der Waals surface area (Å²) in [5.41, 5.74) is 0. The Balaban J connectivity index is 4.02. The van der Waals surface area contributed by atoms with E-state index in [1.54, 1.807) is 0 Å². The van der Waals surface area contributed by atoms with Crippen LogP contribution in [0.5, 0.6) is 0 Å². The molecule has 0 saturated heterocycles.